The van der Waals surface area contributed by atoms with Crippen LogP contribution in [0.1, 0.15) is 24.8 Å². The van der Waals surface area contributed by atoms with Gasteiger partial charge in [0.25, 0.3) is 0 Å². The molecule has 1 fully saturated rings. The van der Waals surface area contributed by atoms with Crippen molar-refractivity contribution in [1.29, 1.82) is 0 Å². The third-order valence-electron chi connectivity index (χ3n) is 3.80. The average Bonchev–Trinajstić information content (AvgIpc) is 2.39. The number of nitrogens with zero attached hydrogens (tertiary/aromatic N) is 1. The molecule has 1 heterocycles. The van der Waals surface area contributed by atoms with E-state index in [0.29, 0.717) is 5.92 Å². The molecule has 4 heteroatoms. The van der Waals surface area contributed by atoms with Gasteiger partial charge >= 0.3 is 0 Å². The highest BCUT2D eigenvalue weighted by Gasteiger charge is 2.29. The maximum atomic E-state index is 12.9. The first-order valence-corrected chi connectivity index (χ1v) is 6.33. The van der Waals surface area contributed by atoms with Gasteiger partial charge in [0.05, 0.1) is 0 Å². The van der Waals surface area contributed by atoms with Gasteiger partial charge < -0.3 is 10.0 Å². The highest BCUT2D eigenvalue weighted by molar-refractivity contribution is 5.85. The molecule has 0 radical (unpaired) electrons. The largest absolute Gasteiger partial charge is 0.396 e. The number of hydrogen-bond acceptors (Lipinski definition) is 2. The molecule has 2 atom stereocenters. The lowest BCUT2D eigenvalue weighted by molar-refractivity contribution is 0.105. The summed E-state index contributed by atoms with van der Waals surface area (Å²) >= 11 is 0. The van der Waals surface area contributed by atoms with Crippen LogP contribution in [0.2, 0.25) is 0 Å². The SMILES string of the molecule is CCN1CCC(c2ccc(F)cc2)C(CO)C1.Cl. The van der Waals surface area contributed by atoms with Crippen molar-refractivity contribution in [2.75, 3.05) is 26.2 Å². The van der Waals surface area contributed by atoms with Crippen LogP contribution in [0.25, 0.3) is 0 Å². The Hall–Kier alpha value is -0.640. The molecule has 1 aromatic carbocycles. The summed E-state index contributed by atoms with van der Waals surface area (Å²) < 4.78 is 12.9. The quantitative estimate of drug-likeness (QED) is 0.915. The van der Waals surface area contributed by atoms with E-state index >= 15 is 0 Å². The zero-order valence-corrected chi connectivity index (χ0v) is 11.5. The number of rotatable bonds is 3. The van der Waals surface area contributed by atoms with Crippen LogP contribution in [0.5, 0.6) is 0 Å². The van der Waals surface area contributed by atoms with Crippen LogP contribution < -0.4 is 0 Å². The van der Waals surface area contributed by atoms with Crippen molar-refractivity contribution in [1.82, 2.24) is 4.90 Å². The molecular formula is C14H21ClFNO. The predicted molar refractivity (Wildman–Crippen MR) is 73.7 cm³/mol. The molecule has 18 heavy (non-hydrogen) atoms. The van der Waals surface area contributed by atoms with E-state index < -0.39 is 0 Å². The smallest absolute Gasteiger partial charge is 0.123 e. The lowest BCUT2D eigenvalue weighted by Gasteiger charge is -2.37. The normalized spacial score (nSPS) is 24.6. The van der Waals surface area contributed by atoms with Gasteiger partial charge in [-0.2, -0.15) is 0 Å². The summed E-state index contributed by atoms with van der Waals surface area (Å²) in [5.74, 6) is 0.442. The molecule has 1 saturated heterocycles. The molecule has 102 valence electrons. The maximum Gasteiger partial charge on any atom is 0.123 e. The molecule has 2 unspecified atom stereocenters. The molecule has 0 saturated carbocycles. The van der Waals surface area contributed by atoms with Crippen LogP contribution in [0.4, 0.5) is 4.39 Å². The van der Waals surface area contributed by atoms with Gasteiger partial charge in [-0.3, -0.25) is 0 Å². The van der Waals surface area contributed by atoms with E-state index in [4.69, 9.17) is 0 Å². The Morgan fingerprint density at radius 3 is 2.56 bits per heavy atom. The number of halogens is 2. The minimum absolute atomic E-state index is 0. The maximum absolute atomic E-state index is 12.9. The highest BCUT2D eigenvalue weighted by Crippen LogP contribution is 2.32. The lowest BCUT2D eigenvalue weighted by atomic mass is 9.81. The number of aliphatic hydroxyl groups is 1. The number of piperidine rings is 1. The van der Waals surface area contributed by atoms with E-state index in [1.54, 1.807) is 0 Å². The summed E-state index contributed by atoms with van der Waals surface area (Å²) in [5.41, 5.74) is 1.15. The van der Waals surface area contributed by atoms with Crippen molar-refractivity contribution in [3.8, 4) is 0 Å². The average molecular weight is 274 g/mol. The van der Waals surface area contributed by atoms with Crippen LogP contribution >= 0.6 is 12.4 Å². The molecule has 2 nitrogen and oxygen atoms in total. The number of aliphatic hydroxyl groups excluding tert-OH is 1. The van der Waals surface area contributed by atoms with Crippen molar-refractivity contribution >= 4 is 12.4 Å². The van der Waals surface area contributed by atoms with E-state index in [1.165, 1.54) is 12.1 Å². The van der Waals surface area contributed by atoms with Crippen LogP contribution in [0.3, 0.4) is 0 Å². The summed E-state index contributed by atoms with van der Waals surface area (Å²) in [7, 11) is 0. The summed E-state index contributed by atoms with van der Waals surface area (Å²) in [6.45, 7) is 5.39. The molecule has 1 aliphatic heterocycles. The molecule has 0 spiro atoms. The van der Waals surface area contributed by atoms with Crippen molar-refractivity contribution in [2.24, 2.45) is 5.92 Å². The van der Waals surface area contributed by atoms with Crippen LogP contribution in [-0.2, 0) is 0 Å². The molecule has 0 bridgehead atoms. The highest BCUT2D eigenvalue weighted by atomic mass is 35.5. The van der Waals surface area contributed by atoms with Crippen molar-refractivity contribution < 1.29 is 9.50 Å². The van der Waals surface area contributed by atoms with E-state index in [2.05, 4.69) is 11.8 Å². The van der Waals surface area contributed by atoms with Gasteiger partial charge in [-0.15, -0.1) is 12.4 Å². The second-order valence-corrected chi connectivity index (χ2v) is 4.78. The van der Waals surface area contributed by atoms with E-state index in [9.17, 15) is 9.50 Å². The summed E-state index contributed by atoms with van der Waals surface area (Å²) in [6, 6.07) is 6.72. The predicted octanol–water partition coefficient (Wildman–Crippen LogP) is 2.67. The van der Waals surface area contributed by atoms with Gasteiger partial charge in [0.15, 0.2) is 0 Å². The van der Waals surface area contributed by atoms with Crippen LogP contribution in [0.15, 0.2) is 24.3 Å². The van der Waals surface area contributed by atoms with Crippen LogP contribution in [-0.4, -0.2) is 36.2 Å². The summed E-state index contributed by atoms with van der Waals surface area (Å²) in [5, 5.41) is 9.49. The van der Waals surface area contributed by atoms with Crippen molar-refractivity contribution in [2.45, 2.75) is 19.3 Å². The topological polar surface area (TPSA) is 23.5 Å². The Balaban J connectivity index is 0.00000162. The Labute approximate surface area is 114 Å². The fourth-order valence-corrected chi connectivity index (χ4v) is 2.73. The zero-order valence-electron chi connectivity index (χ0n) is 10.7. The fourth-order valence-electron chi connectivity index (χ4n) is 2.73. The number of likely N-dealkylation sites (tertiary alicyclic amines) is 1. The fraction of sp³-hybridized carbons (Fsp3) is 0.571. The monoisotopic (exact) mass is 273 g/mol. The van der Waals surface area contributed by atoms with Gasteiger partial charge in [-0.25, -0.2) is 4.39 Å². The third kappa shape index (κ3) is 3.44. The minimum Gasteiger partial charge on any atom is -0.396 e. The van der Waals surface area contributed by atoms with Crippen molar-refractivity contribution in [3.05, 3.63) is 35.6 Å². The standard InChI is InChI=1S/C14H20FNO.ClH/c1-2-16-8-7-14(12(9-16)10-17)11-3-5-13(15)6-4-11;/h3-6,12,14,17H,2,7-10H2,1H3;1H. The Kier molecular flexibility index (Phi) is 6.06. The second kappa shape index (κ2) is 7.07. The molecular weight excluding hydrogens is 253 g/mol. The zero-order chi connectivity index (χ0) is 12.3. The van der Waals surface area contributed by atoms with Gasteiger partial charge in [0.2, 0.25) is 0 Å². The van der Waals surface area contributed by atoms with E-state index in [0.717, 1.165) is 31.6 Å². The second-order valence-electron chi connectivity index (χ2n) is 4.78. The molecule has 1 aliphatic rings. The molecule has 0 aliphatic carbocycles. The van der Waals surface area contributed by atoms with Gasteiger partial charge in [0, 0.05) is 19.1 Å². The van der Waals surface area contributed by atoms with Crippen LogP contribution in [0, 0.1) is 11.7 Å². The Morgan fingerprint density at radius 1 is 1.33 bits per heavy atom. The van der Waals surface area contributed by atoms with E-state index in [-0.39, 0.29) is 30.7 Å². The van der Waals surface area contributed by atoms with E-state index in [1.807, 2.05) is 12.1 Å². The molecule has 1 N–H and O–H groups in total. The summed E-state index contributed by atoms with van der Waals surface area (Å²) in [6.07, 6.45) is 1.05. The Bertz CT molecular complexity index is 357. The van der Waals surface area contributed by atoms with Gasteiger partial charge in [-0.05, 0) is 43.1 Å². The number of benzene rings is 1. The molecule has 2 rings (SSSR count). The lowest BCUT2D eigenvalue weighted by Crippen LogP contribution is -2.40. The third-order valence-corrected chi connectivity index (χ3v) is 3.80. The molecule has 1 aromatic rings. The Morgan fingerprint density at radius 2 is 2.00 bits per heavy atom. The molecule has 0 aromatic heterocycles. The minimum atomic E-state index is -0.194. The number of hydrogen-bond donors (Lipinski definition) is 1. The van der Waals surface area contributed by atoms with Gasteiger partial charge in [-0.1, -0.05) is 19.1 Å². The first kappa shape index (κ1) is 15.4. The summed E-state index contributed by atoms with van der Waals surface area (Å²) in [4.78, 5) is 2.36. The first-order valence-electron chi connectivity index (χ1n) is 6.33. The van der Waals surface area contributed by atoms with Gasteiger partial charge in [0.1, 0.15) is 5.82 Å². The first-order chi connectivity index (χ1) is 8.24. The van der Waals surface area contributed by atoms with Crippen molar-refractivity contribution in [3.63, 3.8) is 0 Å². The molecule has 0 amide bonds.